The zero-order chi connectivity index (χ0) is 27.7. The van der Waals surface area contributed by atoms with Crippen LogP contribution in [0.1, 0.15) is 31.0 Å². The van der Waals surface area contributed by atoms with E-state index in [0.717, 1.165) is 4.70 Å². The summed E-state index contributed by atoms with van der Waals surface area (Å²) < 4.78 is 17.5. The second kappa shape index (κ2) is 11.0. The Morgan fingerprint density at radius 2 is 1.82 bits per heavy atom. The fraction of sp³-hybridized carbons (Fsp3) is 0.207. The molecule has 0 bridgehead atoms. The number of ether oxygens (including phenoxy) is 3. The molecule has 0 spiro atoms. The number of hydrogen-bond donors (Lipinski definition) is 1. The van der Waals surface area contributed by atoms with Crippen LogP contribution >= 0.6 is 22.9 Å². The molecule has 1 fully saturated rings. The van der Waals surface area contributed by atoms with Crippen LogP contribution in [0.4, 0.5) is 5.13 Å². The highest BCUT2D eigenvalue weighted by atomic mass is 35.5. The minimum absolute atomic E-state index is 0.0721. The first-order valence-corrected chi connectivity index (χ1v) is 13.5. The van der Waals surface area contributed by atoms with Crippen molar-refractivity contribution in [3.8, 4) is 17.2 Å². The third kappa shape index (κ3) is 4.91. The molecule has 0 saturated carbocycles. The number of aliphatic hydroxyl groups excluding tert-OH is 1. The molecule has 1 aliphatic heterocycles. The third-order valence-corrected chi connectivity index (χ3v) is 7.46. The Morgan fingerprint density at radius 3 is 2.56 bits per heavy atom. The molecule has 1 unspecified atom stereocenters. The normalized spacial score (nSPS) is 16.6. The molecule has 200 valence electrons. The lowest BCUT2D eigenvalue weighted by Crippen LogP contribution is -2.29. The molecule has 0 aliphatic carbocycles. The maximum Gasteiger partial charge on any atom is 0.301 e. The molecular weight excluding hydrogens is 540 g/mol. The lowest BCUT2D eigenvalue weighted by Gasteiger charge is -2.24. The van der Waals surface area contributed by atoms with Gasteiger partial charge in [-0.25, -0.2) is 4.98 Å². The Labute approximate surface area is 234 Å². The molecule has 1 aliphatic rings. The smallest absolute Gasteiger partial charge is 0.301 e. The van der Waals surface area contributed by atoms with E-state index in [0.29, 0.717) is 57.3 Å². The summed E-state index contributed by atoms with van der Waals surface area (Å²) >= 11 is 7.40. The maximum absolute atomic E-state index is 13.6. The number of carbonyl (C=O) groups excluding carboxylic acids is 2. The van der Waals surface area contributed by atoms with Crippen molar-refractivity contribution in [3.63, 3.8) is 0 Å². The Morgan fingerprint density at radius 1 is 1.03 bits per heavy atom. The monoisotopic (exact) mass is 564 g/mol. The Bertz CT molecular complexity index is 1610. The van der Waals surface area contributed by atoms with Crippen LogP contribution in [0.2, 0.25) is 5.02 Å². The van der Waals surface area contributed by atoms with Crippen molar-refractivity contribution in [3.05, 3.63) is 82.4 Å². The van der Waals surface area contributed by atoms with E-state index in [1.54, 1.807) is 60.7 Å². The number of halogens is 1. The van der Waals surface area contributed by atoms with E-state index in [1.807, 2.05) is 13.8 Å². The summed E-state index contributed by atoms with van der Waals surface area (Å²) in [6, 6.07) is 16.1. The lowest BCUT2D eigenvalue weighted by atomic mass is 9.95. The van der Waals surface area contributed by atoms with E-state index in [9.17, 15) is 14.7 Å². The van der Waals surface area contributed by atoms with Crippen LogP contribution in [0.5, 0.6) is 17.2 Å². The Balaban J connectivity index is 1.72. The van der Waals surface area contributed by atoms with Crippen molar-refractivity contribution in [1.29, 1.82) is 0 Å². The zero-order valence-electron chi connectivity index (χ0n) is 21.4. The van der Waals surface area contributed by atoms with Crippen LogP contribution in [-0.2, 0) is 9.59 Å². The summed E-state index contributed by atoms with van der Waals surface area (Å²) in [6.45, 7) is 4.57. The highest BCUT2D eigenvalue weighted by molar-refractivity contribution is 7.22. The predicted octanol–water partition coefficient (Wildman–Crippen LogP) is 6.38. The molecule has 5 rings (SSSR count). The van der Waals surface area contributed by atoms with E-state index in [-0.39, 0.29) is 11.3 Å². The van der Waals surface area contributed by atoms with Crippen LogP contribution in [-0.4, -0.2) is 42.1 Å². The third-order valence-electron chi connectivity index (χ3n) is 6.21. The van der Waals surface area contributed by atoms with Gasteiger partial charge in [-0.3, -0.25) is 14.5 Å². The summed E-state index contributed by atoms with van der Waals surface area (Å²) in [4.78, 5) is 33.1. The second-order valence-electron chi connectivity index (χ2n) is 8.58. The number of methoxy groups -OCH3 is 1. The number of nitrogens with zero attached hydrogens (tertiary/aromatic N) is 2. The number of anilines is 1. The number of aliphatic hydroxyl groups is 1. The number of hydrogen-bond acceptors (Lipinski definition) is 8. The SMILES string of the molecule is CCOc1cccc(/C(O)=C2\C(=O)C(=O)N(c3nc4ccc(Cl)cc4s3)C2c2ccc(OCC)c(OC)c2)c1. The van der Waals surface area contributed by atoms with Gasteiger partial charge in [-0.15, -0.1) is 0 Å². The highest BCUT2D eigenvalue weighted by Crippen LogP contribution is 2.46. The van der Waals surface area contributed by atoms with Gasteiger partial charge in [0, 0.05) is 10.6 Å². The van der Waals surface area contributed by atoms with Crippen LogP contribution in [0.3, 0.4) is 0 Å². The standard InChI is InChI=1S/C29H25ClN2O6S/c1-4-37-19-8-6-7-17(13-19)26(33)24-25(16-9-12-21(38-5-2)22(14-16)36-3)32(28(35)27(24)34)29-31-20-11-10-18(30)15-23(20)39-29/h6-15,25,33H,4-5H2,1-3H3/b26-24+. The molecular formula is C29H25ClN2O6S. The first kappa shape index (κ1) is 26.5. The van der Waals surface area contributed by atoms with Crippen LogP contribution in [0, 0.1) is 0 Å². The number of ketones is 1. The van der Waals surface area contributed by atoms with Crippen LogP contribution < -0.4 is 19.1 Å². The topological polar surface area (TPSA) is 98.2 Å². The predicted molar refractivity (Wildman–Crippen MR) is 151 cm³/mol. The first-order valence-electron chi connectivity index (χ1n) is 12.3. The van der Waals surface area contributed by atoms with E-state index < -0.39 is 17.7 Å². The van der Waals surface area contributed by atoms with Gasteiger partial charge >= 0.3 is 5.91 Å². The van der Waals surface area contributed by atoms with Crippen molar-refractivity contribution in [2.45, 2.75) is 19.9 Å². The van der Waals surface area contributed by atoms with Gasteiger partial charge in [-0.05, 0) is 61.9 Å². The number of rotatable bonds is 8. The number of aromatic nitrogens is 1. The minimum atomic E-state index is -0.985. The minimum Gasteiger partial charge on any atom is -0.507 e. The lowest BCUT2D eigenvalue weighted by molar-refractivity contribution is -0.132. The maximum atomic E-state index is 13.6. The number of benzene rings is 3. The van der Waals surface area contributed by atoms with Gasteiger partial charge in [-0.2, -0.15) is 0 Å². The van der Waals surface area contributed by atoms with Gasteiger partial charge in [-0.1, -0.05) is 41.1 Å². The molecule has 2 heterocycles. The molecule has 8 nitrogen and oxygen atoms in total. The van der Waals surface area contributed by atoms with Gasteiger partial charge in [0.1, 0.15) is 11.5 Å². The highest BCUT2D eigenvalue weighted by Gasteiger charge is 2.48. The largest absolute Gasteiger partial charge is 0.507 e. The van der Waals surface area contributed by atoms with E-state index >= 15 is 0 Å². The Kier molecular flexibility index (Phi) is 7.45. The summed E-state index contributed by atoms with van der Waals surface area (Å²) in [5.74, 6) is -0.489. The first-order chi connectivity index (χ1) is 18.9. The van der Waals surface area contributed by atoms with E-state index in [2.05, 4.69) is 4.98 Å². The molecule has 1 aromatic heterocycles. The van der Waals surface area contributed by atoms with Crippen molar-refractivity contribution in [2.24, 2.45) is 0 Å². The summed E-state index contributed by atoms with van der Waals surface area (Å²) in [6.07, 6.45) is 0. The molecule has 1 saturated heterocycles. The molecule has 10 heteroatoms. The molecule has 39 heavy (non-hydrogen) atoms. The summed E-state index contributed by atoms with van der Waals surface area (Å²) in [5, 5.41) is 12.3. The fourth-order valence-corrected chi connectivity index (χ4v) is 5.79. The number of carbonyl (C=O) groups is 2. The summed E-state index contributed by atoms with van der Waals surface area (Å²) in [7, 11) is 1.51. The van der Waals surface area contributed by atoms with E-state index in [4.69, 9.17) is 25.8 Å². The fourth-order valence-electron chi connectivity index (χ4n) is 4.52. The molecule has 4 aromatic rings. The van der Waals surface area contributed by atoms with Gasteiger partial charge in [0.2, 0.25) is 0 Å². The number of Topliss-reactive ketones (excluding diaryl/α,β-unsaturated/α-hetero) is 1. The second-order valence-corrected chi connectivity index (χ2v) is 10.0. The number of thiazole rings is 1. The quantitative estimate of drug-likeness (QED) is 0.150. The van der Waals surface area contributed by atoms with Crippen molar-refractivity contribution in [1.82, 2.24) is 4.98 Å². The van der Waals surface area contributed by atoms with Crippen molar-refractivity contribution >= 4 is 55.7 Å². The van der Waals surface area contributed by atoms with Gasteiger partial charge in [0.15, 0.2) is 16.6 Å². The van der Waals surface area contributed by atoms with Gasteiger partial charge in [0.05, 0.1) is 42.2 Å². The van der Waals surface area contributed by atoms with Crippen molar-refractivity contribution in [2.75, 3.05) is 25.2 Å². The van der Waals surface area contributed by atoms with Gasteiger partial charge in [0.25, 0.3) is 5.78 Å². The average Bonchev–Trinajstić information content (AvgIpc) is 3.46. The zero-order valence-corrected chi connectivity index (χ0v) is 23.0. The molecule has 3 aromatic carbocycles. The average molecular weight is 565 g/mol. The van der Waals surface area contributed by atoms with Crippen molar-refractivity contribution < 1.29 is 28.9 Å². The van der Waals surface area contributed by atoms with E-state index in [1.165, 1.54) is 23.3 Å². The van der Waals surface area contributed by atoms with Crippen LogP contribution in [0.15, 0.2) is 66.2 Å². The molecule has 1 N–H and O–H groups in total. The summed E-state index contributed by atoms with van der Waals surface area (Å²) in [5.41, 5.74) is 1.44. The number of amides is 1. The molecule has 1 amide bonds. The van der Waals surface area contributed by atoms with Gasteiger partial charge < -0.3 is 19.3 Å². The molecule has 1 atom stereocenters. The Hall–Kier alpha value is -4.08. The van der Waals surface area contributed by atoms with Crippen LogP contribution in [0.25, 0.3) is 16.0 Å². The molecule has 0 radical (unpaired) electrons. The number of fused-ring (bicyclic) bond motifs is 1.